The number of aryl methyl sites for hydroxylation is 1. The molecule has 3 rings (SSSR count). The fourth-order valence-corrected chi connectivity index (χ4v) is 3.04. The molecule has 2 heterocycles. The molecule has 2 aromatic rings. The van der Waals surface area contributed by atoms with Crippen LogP contribution in [0.3, 0.4) is 0 Å². The number of carbonyl (C=O) groups excluding carboxylic acids is 2. The van der Waals surface area contributed by atoms with E-state index in [2.05, 4.69) is 15.5 Å². The van der Waals surface area contributed by atoms with Crippen LogP contribution in [0.1, 0.15) is 28.3 Å². The van der Waals surface area contributed by atoms with Crippen LogP contribution in [0.4, 0.5) is 0 Å². The van der Waals surface area contributed by atoms with Crippen molar-refractivity contribution < 1.29 is 18.7 Å². The molecule has 0 atom stereocenters. The van der Waals surface area contributed by atoms with Gasteiger partial charge >= 0.3 is 0 Å². The van der Waals surface area contributed by atoms with Crippen LogP contribution in [0.25, 0.3) is 6.08 Å². The molecule has 1 aliphatic heterocycles. The van der Waals surface area contributed by atoms with Crippen molar-refractivity contribution in [1.29, 1.82) is 0 Å². The number of nitrogens with one attached hydrogen (secondary N) is 2. The van der Waals surface area contributed by atoms with Crippen molar-refractivity contribution in [1.82, 2.24) is 15.5 Å². The van der Waals surface area contributed by atoms with Gasteiger partial charge < -0.3 is 19.8 Å². The minimum absolute atomic E-state index is 0.152. The Morgan fingerprint density at radius 3 is 2.55 bits per heavy atom. The monoisotopic (exact) mass is 397 g/mol. The van der Waals surface area contributed by atoms with Crippen LogP contribution >= 0.6 is 0 Å². The topological polar surface area (TPSA) is 83.8 Å². The van der Waals surface area contributed by atoms with E-state index < -0.39 is 0 Å². The lowest BCUT2D eigenvalue weighted by Gasteiger charge is -2.26. The summed E-state index contributed by atoms with van der Waals surface area (Å²) in [5, 5.41) is 5.59. The molecule has 1 aromatic heterocycles. The Labute approximate surface area is 170 Å². The molecule has 7 nitrogen and oxygen atoms in total. The van der Waals surface area contributed by atoms with Crippen molar-refractivity contribution >= 4 is 17.9 Å². The van der Waals surface area contributed by atoms with E-state index in [1.807, 2.05) is 19.1 Å². The molecule has 0 bridgehead atoms. The summed E-state index contributed by atoms with van der Waals surface area (Å²) in [5.41, 5.74) is 0.633. The Morgan fingerprint density at radius 2 is 1.86 bits per heavy atom. The van der Waals surface area contributed by atoms with Crippen molar-refractivity contribution in [2.24, 2.45) is 0 Å². The standard InChI is InChI=1S/C22H27N3O4/c1-17-8-9-19(29-17)16-20(24-21(26)18-6-3-2-4-7-18)22(27)23-10-5-11-25-12-14-28-15-13-25/h2-4,6-9,16H,5,10-15H2,1H3,(H,23,27)(H,24,26)/b20-16-. The molecule has 1 aromatic carbocycles. The van der Waals surface area contributed by atoms with Crippen molar-refractivity contribution in [2.75, 3.05) is 39.4 Å². The molecule has 1 aliphatic rings. The fraction of sp³-hybridized carbons (Fsp3) is 0.364. The molecular formula is C22H27N3O4. The van der Waals surface area contributed by atoms with Gasteiger partial charge in [0.2, 0.25) is 0 Å². The number of hydrogen-bond donors (Lipinski definition) is 2. The first-order valence-electron chi connectivity index (χ1n) is 9.84. The lowest BCUT2D eigenvalue weighted by molar-refractivity contribution is -0.117. The molecule has 29 heavy (non-hydrogen) atoms. The Kier molecular flexibility index (Phi) is 7.61. The third kappa shape index (κ3) is 6.58. The Balaban J connectivity index is 1.60. The first-order chi connectivity index (χ1) is 14.1. The number of ether oxygens (including phenoxy) is 1. The lowest BCUT2D eigenvalue weighted by Crippen LogP contribution is -2.39. The zero-order valence-corrected chi connectivity index (χ0v) is 16.6. The minimum Gasteiger partial charge on any atom is -0.462 e. The highest BCUT2D eigenvalue weighted by atomic mass is 16.5. The average molecular weight is 397 g/mol. The molecule has 2 N–H and O–H groups in total. The number of carbonyl (C=O) groups is 2. The van der Waals surface area contributed by atoms with Crippen LogP contribution in [0.15, 0.2) is 52.6 Å². The summed E-state index contributed by atoms with van der Waals surface area (Å²) in [7, 11) is 0. The second-order valence-electron chi connectivity index (χ2n) is 6.89. The van der Waals surface area contributed by atoms with Gasteiger partial charge in [-0.25, -0.2) is 0 Å². The third-order valence-electron chi connectivity index (χ3n) is 4.62. The highest BCUT2D eigenvalue weighted by Crippen LogP contribution is 2.11. The van der Waals surface area contributed by atoms with E-state index in [-0.39, 0.29) is 17.5 Å². The molecule has 0 aliphatic carbocycles. The van der Waals surface area contributed by atoms with Crippen molar-refractivity contribution in [3.63, 3.8) is 0 Å². The number of nitrogens with zero attached hydrogens (tertiary/aromatic N) is 1. The average Bonchev–Trinajstić information content (AvgIpc) is 3.16. The largest absolute Gasteiger partial charge is 0.462 e. The molecule has 0 radical (unpaired) electrons. The van der Waals surface area contributed by atoms with E-state index in [1.54, 1.807) is 36.4 Å². The summed E-state index contributed by atoms with van der Waals surface area (Å²) in [5.74, 6) is 0.555. The molecule has 0 spiro atoms. The van der Waals surface area contributed by atoms with Gasteiger partial charge in [0.25, 0.3) is 11.8 Å². The van der Waals surface area contributed by atoms with Crippen LogP contribution in [0, 0.1) is 6.92 Å². The summed E-state index contributed by atoms with van der Waals surface area (Å²) in [6, 6.07) is 12.4. The lowest BCUT2D eigenvalue weighted by atomic mass is 10.2. The number of morpholine rings is 1. The number of amides is 2. The normalized spacial score (nSPS) is 15.1. The van der Waals surface area contributed by atoms with Gasteiger partial charge in [0.1, 0.15) is 17.2 Å². The predicted molar refractivity (Wildman–Crippen MR) is 110 cm³/mol. The molecule has 2 amide bonds. The minimum atomic E-state index is -0.344. The highest BCUT2D eigenvalue weighted by Gasteiger charge is 2.16. The number of benzene rings is 1. The van der Waals surface area contributed by atoms with Gasteiger partial charge in [0.05, 0.1) is 13.2 Å². The van der Waals surface area contributed by atoms with Crippen LogP contribution in [0.2, 0.25) is 0 Å². The molecule has 0 saturated carbocycles. The molecule has 7 heteroatoms. The smallest absolute Gasteiger partial charge is 0.267 e. The van der Waals surface area contributed by atoms with Gasteiger partial charge in [0.15, 0.2) is 0 Å². The maximum Gasteiger partial charge on any atom is 0.267 e. The Bertz CT molecular complexity index is 839. The van der Waals surface area contributed by atoms with Crippen molar-refractivity contribution in [3.05, 3.63) is 65.2 Å². The van der Waals surface area contributed by atoms with E-state index in [1.165, 1.54) is 0 Å². The summed E-state index contributed by atoms with van der Waals surface area (Å²) < 4.78 is 10.9. The van der Waals surface area contributed by atoms with E-state index >= 15 is 0 Å². The molecule has 1 fully saturated rings. The van der Waals surface area contributed by atoms with Crippen LogP contribution < -0.4 is 10.6 Å². The summed E-state index contributed by atoms with van der Waals surface area (Å²) in [6.07, 6.45) is 2.37. The second-order valence-corrected chi connectivity index (χ2v) is 6.89. The SMILES string of the molecule is Cc1ccc(/C=C(\NC(=O)c2ccccc2)C(=O)NCCCN2CCOCC2)o1. The predicted octanol–water partition coefficient (Wildman–Crippen LogP) is 2.20. The molecule has 1 saturated heterocycles. The summed E-state index contributed by atoms with van der Waals surface area (Å²) in [6.45, 7) is 6.60. The zero-order chi connectivity index (χ0) is 20.5. The first-order valence-corrected chi connectivity index (χ1v) is 9.84. The zero-order valence-electron chi connectivity index (χ0n) is 16.6. The molecular weight excluding hydrogens is 370 g/mol. The first kappa shape index (κ1) is 20.8. The van der Waals surface area contributed by atoms with Gasteiger partial charge in [-0.15, -0.1) is 0 Å². The van der Waals surface area contributed by atoms with Crippen LogP contribution in [-0.4, -0.2) is 56.1 Å². The fourth-order valence-electron chi connectivity index (χ4n) is 3.04. The second kappa shape index (κ2) is 10.6. The van der Waals surface area contributed by atoms with Gasteiger partial charge in [-0.2, -0.15) is 0 Å². The van der Waals surface area contributed by atoms with Crippen molar-refractivity contribution in [3.8, 4) is 0 Å². The Morgan fingerprint density at radius 1 is 1.10 bits per heavy atom. The number of hydrogen-bond acceptors (Lipinski definition) is 5. The number of rotatable bonds is 8. The summed E-state index contributed by atoms with van der Waals surface area (Å²) >= 11 is 0. The Hall–Kier alpha value is -2.90. The van der Waals surface area contributed by atoms with Gasteiger partial charge in [-0.3, -0.25) is 14.5 Å². The van der Waals surface area contributed by atoms with Crippen molar-refractivity contribution in [2.45, 2.75) is 13.3 Å². The highest BCUT2D eigenvalue weighted by molar-refractivity contribution is 6.05. The van der Waals surface area contributed by atoms with Gasteiger partial charge in [0, 0.05) is 31.3 Å². The van der Waals surface area contributed by atoms with E-state index in [4.69, 9.17) is 9.15 Å². The van der Waals surface area contributed by atoms with Crippen LogP contribution in [0.5, 0.6) is 0 Å². The van der Waals surface area contributed by atoms with Crippen LogP contribution in [-0.2, 0) is 9.53 Å². The molecule has 0 unspecified atom stereocenters. The van der Waals surface area contributed by atoms with E-state index in [0.29, 0.717) is 17.9 Å². The number of furan rings is 1. The van der Waals surface area contributed by atoms with E-state index in [9.17, 15) is 9.59 Å². The third-order valence-corrected chi connectivity index (χ3v) is 4.62. The summed E-state index contributed by atoms with van der Waals surface area (Å²) in [4.78, 5) is 27.5. The van der Waals surface area contributed by atoms with Gasteiger partial charge in [-0.1, -0.05) is 18.2 Å². The van der Waals surface area contributed by atoms with E-state index in [0.717, 1.165) is 45.0 Å². The maximum atomic E-state index is 12.7. The molecule has 154 valence electrons. The quantitative estimate of drug-likeness (QED) is 0.527. The van der Waals surface area contributed by atoms with Gasteiger partial charge in [-0.05, 0) is 44.2 Å². The maximum absolute atomic E-state index is 12.7.